The average molecular weight is 437 g/mol. The van der Waals surface area contributed by atoms with Crippen molar-refractivity contribution in [3.8, 4) is 22.8 Å². The normalized spacial score (nSPS) is 10.9. The second kappa shape index (κ2) is 8.46. The number of carbonyl (C=O) groups is 1. The molecule has 0 bridgehead atoms. The topological polar surface area (TPSA) is 133 Å². The molecule has 4 aromatic heterocycles. The van der Waals surface area contributed by atoms with Crippen molar-refractivity contribution in [2.45, 2.75) is 13.5 Å². The van der Waals surface area contributed by atoms with Crippen LogP contribution in [0.2, 0.25) is 0 Å². The molecule has 0 saturated heterocycles. The molecule has 0 fully saturated rings. The number of nitrogens with zero attached hydrogens (tertiary/aromatic N) is 5. The summed E-state index contributed by atoms with van der Waals surface area (Å²) < 4.78 is 5.45. The number of oxazole rings is 1. The quantitative estimate of drug-likeness (QED) is 0.426. The van der Waals surface area contributed by atoms with E-state index >= 15 is 0 Å². The molecule has 4 heterocycles. The number of aryl methyl sites for hydroxylation is 1. The maximum atomic E-state index is 13.0. The predicted octanol–water partition coefficient (Wildman–Crippen LogP) is 3.56. The van der Waals surface area contributed by atoms with Crippen molar-refractivity contribution in [2.75, 3.05) is 5.73 Å². The third kappa shape index (κ3) is 3.99. The highest BCUT2D eigenvalue weighted by atomic mass is 16.3. The van der Waals surface area contributed by atoms with Crippen LogP contribution in [0.15, 0.2) is 71.7 Å². The largest absolute Gasteiger partial charge is 0.443 e. The molecule has 3 N–H and O–H groups in total. The van der Waals surface area contributed by atoms with Gasteiger partial charge in [-0.05, 0) is 36.8 Å². The van der Waals surface area contributed by atoms with Gasteiger partial charge >= 0.3 is 0 Å². The molecule has 9 nitrogen and oxygen atoms in total. The third-order valence-electron chi connectivity index (χ3n) is 5.20. The monoisotopic (exact) mass is 437 g/mol. The number of rotatable bonds is 5. The number of anilines is 1. The number of nitrogens with two attached hydrogens (primary N) is 1. The third-order valence-corrected chi connectivity index (χ3v) is 5.20. The number of carbonyl (C=O) groups excluding carboxylic acids is 1. The van der Waals surface area contributed by atoms with Gasteiger partial charge in [0.15, 0.2) is 17.2 Å². The highest BCUT2D eigenvalue weighted by Crippen LogP contribution is 2.31. The van der Waals surface area contributed by atoms with Gasteiger partial charge in [-0.2, -0.15) is 0 Å². The van der Waals surface area contributed by atoms with Crippen molar-refractivity contribution in [2.24, 2.45) is 0 Å². The van der Waals surface area contributed by atoms with E-state index in [-0.39, 0.29) is 23.9 Å². The summed E-state index contributed by atoms with van der Waals surface area (Å²) in [6, 6.07) is 13.2. The smallest absolute Gasteiger partial charge is 0.274 e. The summed E-state index contributed by atoms with van der Waals surface area (Å²) >= 11 is 0. The number of aromatic nitrogens is 5. The minimum atomic E-state index is -0.439. The molecule has 0 atom stereocenters. The van der Waals surface area contributed by atoms with E-state index in [1.54, 1.807) is 12.4 Å². The van der Waals surface area contributed by atoms with Crippen LogP contribution in [0.25, 0.3) is 33.7 Å². The number of benzene rings is 1. The second-order valence-electron chi connectivity index (χ2n) is 7.33. The van der Waals surface area contributed by atoms with Gasteiger partial charge in [0, 0.05) is 35.6 Å². The fourth-order valence-electron chi connectivity index (χ4n) is 3.49. The first kappa shape index (κ1) is 20.3. The second-order valence-corrected chi connectivity index (χ2v) is 7.33. The van der Waals surface area contributed by atoms with Crippen molar-refractivity contribution in [3.63, 3.8) is 0 Å². The van der Waals surface area contributed by atoms with Crippen molar-refractivity contribution in [1.29, 1.82) is 0 Å². The summed E-state index contributed by atoms with van der Waals surface area (Å²) in [6.07, 6.45) is 6.39. The van der Waals surface area contributed by atoms with Gasteiger partial charge in [-0.15, -0.1) is 0 Å². The Kier molecular flexibility index (Phi) is 5.19. The van der Waals surface area contributed by atoms with Crippen LogP contribution in [0.5, 0.6) is 0 Å². The van der Waals surface area contributed by atoms with E-state index in [4.69, 9.17) is 10.2 Å². The number of hydrogen-bond donors (Lipinski definition) is 2. The lowest BCUT2D eigenvalue weighted by molar-refractivity contribution is 0.0946. The summed E-state index contributed by atoms with van der Waals surface area (Å²) in [7, 11) is 0. The maximum Gasteiger partial charge on any atom is 0.274 e. The maximum absolute atomic E-state index is 13.0. The molecule has 5 rings (SSSR count). The molecule has 0 aliphatic carbocycles. The van der Waals surface area contributed by atoms with Crippen molar-refractivity contribution in [3.05, 3.63) is 84.3 Å². The van der Waals surface area contributed by atoms with Gasteiger partial charge in [-0.3, -0.25) is 14.8 Å². The molecule has 0 unspecified atom stereocenters. The first-order valence-electron chi connectivity index (χ1n) is 10.2. The summed E-state index contributed by atoms with van der Waals surface area (Å²) in [6.45, 7) is 2.17. The zero-order valence-electron chi connectivity index (χ0n) is 17.7. The zero-order valence-corrected chi connectivity index (χ0v) is 17.7. The van der Waals surface area contributed by atoms with Crippen LogP contribution in [0.4, 0.5) is 5.82 Å². The van der Waals surface area contributed by atoms with Gasteiger partial charge in [0.1, 0.15) is 12.0 Å². The molecular formula is C24H19N7O2. The van der Waals surface area contributed by atoms with E-state index < -0.39 is 5.91 Å². The Balaban J connectivity index is 1.57. The molecule has 33 heavy (non-hydrogen) atoms. The fraction of sp³-hybridized carbons (Fsp3) is 0.0833. The van der Waals surface area contributed by atoms with Crippen LogP contribution >= 0.6 is 0 Å². The lowest BCUT2D eigenvalue weighted by Gasteiger charge is -2.12. The number of pyridine rings is 2. The number of amides is 1. The van der Waals surface area contributed by atoms with E-state index in [2.05, 4.69) is 30.2 Å². The van der Waals surface area contributed by atoms with Crippen LogP contribution in [0.1, 0.15) is 21.7 Å². The number of nitrogens with one attached hydrogen (secondary N) is 1. The van der Waals surface area contributed by atoms with Gasteiger partial charge in [-0.1, -0.05) is 18.2 Å². The van der Waals surface area contributed by atoms with Crippen molar-refractivity contribution < 1.29 is 9.21 Å². The van der Waals surface area contributed by atoms with Crippen LogP contribution < -0.4 is 11.1 Å². The molecule has 0 spiro atoms. The fourth-order valence-corrected chi connectivity index (χ4v) is 3.49. The Bertz CT molecular complexity index is 1470. The Morgan fingerprint density at radius 1 is 1.00 bits per heavy atom. The number of nitrogen functional groups attached to an aromatic ring is 1. The van der Waals surface area contributed by atoms with Crippen LogP contribution in [-0.2, 0) is 6.54 Å². The molecule has 0 aliphatic heterocycles. The molecule has 0 aliphatic rings. The highest BCUT2D eigenvalue weighted by molar-refractivity contribution is 5.98. The predicted molar refractivity (Wildman–Crippen MR) is 123 cm³/mol. The summed E-state index contributed by atoms with van der Waals surface area (Å²) in [4.78, 5) is 34.8. The van der Waals surface area contributed by atoms with E-state index in [0.29, 0.717) is 11.4 Å². The molecule has 9 heteroatoms. The first-order valence-corrected chi connectivity index (χ1v) is 10.2. The van der Waals surface area contributed by atoms with Crippen LogP contribution in [-0.4, -0.2) is 30.8 Å². The number of hydrogen-bond acceptors (Lipinski definition) is 8. The van der Waals surface area contributed by atoms with E-state index in [1.165, 1.54) is 12.5 Å². The first-order chi connectivity index (χ1) is 16.1. The lowest BCUT2D eigenvalue weighted by atomic mass is 10.1. The summed E-state index contributed by atoms with van der Waals surface area (Å²) in [5.74, 6) is -0.200. The van der Waals surface area contributed by atoms with Gasteiger partial charge in [0.05, 0.1) is 11.7 Å². The molecule has 162 valence electrons. The number of fused-ring (bicyclic) bond motifs is 1. The van der Waals surface area contributed by atoms with E-state index in [0.717, 1.165) is 27.7 Å². The van der Waals surface area contributed by atoms with Crippen LogP contribution in [0, 0.1) is 6.92 Å². The van der Waals surface area contributed by atoms with Crippen molar-refractivity contribution in [1.82, 2.24) is 30.2 Å². The van der Waals surface area contributed by atoms with Gasteiger partial charge in [-0.25, -0.2) is 15.0 Å². The molecule has 0 radical (unpaired) electrons. The molecule has 1 aromatic carbocycles. The molecular weight excluding hydrogens is 418 g/mol. The van der Waals surface area contributed by atoms with Gasteiger partial charge < -0.3 is 15.5 Å². The standard InChI is InChI=1S/C24H19N7O2/c1-14-17(5-3-8-26-14)13-29-23(32)21-22(25)31-20(24-28-10-11-33-24)19(30-21)16-6-7-18-15(12-16)4-2-9-27-18/h2-12H,13H2,1H3,(H2,25,31)(H,29,32). The Morgan fingerprint density at radius 3 is 2.67 bits per heavy atom. The van der Waals surface area contributed by atoms with Crippen LogP contribution in [0.3, 0.4) is 0 Å². The SMILES string of the molecule is Cc1ncccc1CNC(=O)c1nc(-c2ccc3ncccc3c2)c(-c2ncco2)nc1N. The molecule has 1 amide bonds. The van der Waals surface area contributed by atoms with E-state index in [9.17, 15) is 4.79 Å². The molecule has 5 aromatic rings. The van der Waals surface area contributed by atoms with Gasteiger partial charge in [0.2, 0.25) is 5.89 Å². The summed E-state index contributed by atoms with van der Waals surface area (Å²) in [5, 5.41) is 3.77. The van der Waals surface area contributed by atoms with Crippen molar-refractivity contribution >= 4 is 22.6 Å². The highest BCUT2D eigenvalue weighted by Gasteiger charge is 2.22. The minimum absolute atomic E-state index is 0.0187. The Hall–Kier alpha value is -4.66. The van der Waals surface area contributed by atoms with E-state index in [1.807, 2.05) is 49.4 Å². The lowest BCUT2D eigenvalue weighted by Crippen LogP contribution is -2.26. The Morgan fingerprint density at radius 2 is 1.85 bits per heavy atom. The zero-order chi connectivity index (χ0) is 22.8. The molecule has 0 saturated carbocycles. The average Bonchev–Trinajstić information content (AvgIpc) is 3.38. The summed E-state index contributed by atoms with van der Waals surface area (Å²) in [5.41, 5.74) is 10.2. The van der Waals surface area contributed by atoms with Gasteiger partial charge in [0.25, 0.3) is 5.91 Å². The Labute approximate surface area is 188 Å². The minimum Gasteiger partial charge on any atom is -0.443 e.